The minimum absolute atomic E-state index is 0.651. The molecule has 1 N–H and O–H groups in total. The molecule has 1 rings (SSSR count). The van der Waals surface area contributed by atoms with Gasteiger partial charge in [0, 0.05) is 31.6 Å². The van der Waals surface area contributed by atoms with Gasteiger partial charge in [0.25, 0.3) is 0 Å². The normalized spacial score (nSPS) is 11.9. The van der Waals surface area contributed by atoms with Crippen LogP contribution in [0.1, 0.15) is 33.4 Å². The molecule has 0 aliphatic heterocycles. The predicted octanol–water partition coefficient (Wildman–Crippen LogP) is 2.91. The average Bonchev–Trinajstić information content (AvgIpc) is 2.82. The Labute approximate surface area is 134 Å². The summed E-state index contributed by atoms with van der Waals surface area (Å²) in [6.07, 6.45) is 0. The minimum Gasteiger partial charge on any atom is -0.347 e. The van der Waals surface area contributed by atoms with E-state index < -0.39 is 0 Å². The van der Waals surface area contributed by atoms with Crippen molar-refractivity contribution in [2.45, 2.75) is 34.2 Å². The molecule has 0 atom stereocenters. The zero-order valence-electron chi connectivity index (χ0n) is 14.5. The van der Waals surface area contributed by atoms with Gasteiger partial charge in [-0.2, -0.15) is 0 Å². The zero-order chi connectivity index (χ0) is 15.8. The highest BCUT2D eigenvalue weighted by molar-refractivity contribution is 7.13. The second-order valence-electron chi connectivity index (χ2n) is 6.79. The number of nitrogens with one attached hydrogen (secondary N) is 1. The van der Waals surface area contributed by atoms with E-state index in [1.165, 1.54) is 0 Å². The van der Waals surface area contributed by atoms with Crippen molar-refractivity contribution in [1.29, 1.82) is 0 Å². The largest absolute Gasteiger partial charge is 0.347 e. The van der Waals surface area contributed by atoms with Gasteiger partial charge < -0.3 is 15.1 Å². The highest BCUT2D eigenvalue weighted by Gasteiger charge is 2.13. The third-order valence-electron chi connectivity index (χ3n) is 3.07. The quantitative estimate of drug-likeness (QED) is 0.720. The molecule has 4 nitrogen and oxygen atoms in total. The summed E-state index contributed by atoms with van der Waals surface area (Å²) in [4.78, 5) is 9.45. The molecule has 0 aliphatic rings. The molecule has 1 heterocycles. The van der Waals surface area contributed by atoms with Crippen LogP contribution in [0.25, 0.3) is 0 Å². The third kappa shape index (κ3) is 7.79. The maximum atomic E-state index is 4.80. The minimum atomic E-state index is 0.651. The third-order valence-corrected chi connectivity index (χ3v) is 4.02. The van der Waals surface area contributed by atoms with Gasteiger partial charge in [0.05, 0.1) is 5.69 Å². The van der Waals surface area contributed by atoms with E-state index in [9.17, 15) is 0 Å². The van der Waals surface area contributed by atoms with Gasteiger partial charge in [-0.3, -0.25) is 0 Å². The average molecular weight is 313 g/mol. The first kappa shape index (κ1) is 18.4. The van der Waals surface area contributed by atoms with Gasteiger partial charge >= 0.3 is 0 Å². The molecule has 0 aromatic carbocycles. The molecule has 0 amide bonds. The maximum absolute atomic E-state index is 4.80. The molecule has 0 aliphatic carbocycles. The Hall–Kier alpha value is -0.650. The fraction of sp³-hybridized carbons (Fsp3) is 0.812. The van der Waals surface area contributed by atoms with Crippen molar-refractivity contribution in [3.05, 3.63) is 11.1 Å². The first-order chi connectivity index (χ1) is 9.88. The molecular weight excluding hydrogens is 280 g/mol. The summed E-state index contributed by atoms with van der Waals surface area (Å²) in [5.41, 5.74) is 1.16. The highest BCUT2D eigenvalue weighted by Crippen LogP contribution is 2.21. The first-order valence-electron chi connectivity index (χ1n) is 7.93. The Morgan fingerprint density at radius 1 is 1.14 bits per heavy atom. The van der Waals surface area contributed by atoms with Gasteiger partial charge in [-0.1, -0.05) is 27.7 Å². The first-order valence-corrected chi connectivity index (χ1v) is 8.81. The van der Waals surface area contributed by atoms with E-state index in [4.69, 9.17) is 4.98 Å². The van der Waals surface area contributed by atoms with Gasteiger partial charge in [0.2, 0.25) is 0 Å². The van der Waals surface area contributed by atoms with Gasteiger partial charge in [-0.15, -0.1) is 11.3 Å². The van der Waals surface area contributed by atoms with Crippen LogP contribution >= 0.6 is 11.3 Å². The van der Waals surface area contributed by atoms with Crippen LogP contribution in [0, 0.1) is 11.8 Å². The van der Waals surface area contributed by atoms with Gasteiger partial charge in [0.15, 0.2) is 5.13 Å². The number of hydrogen-bond acceptors (Lipinski definition) is 5. The molecule has 1 aromatic rings. The van der Waals surface area contributed by atoms with E-state index >= 15 is 0 Å². The second kappa shape index (κ2) is 9.38. The summed E-state index contributed by atoms with van der Waals surface area (Å²) < 4.78 is 0. The van der Waals surface area contributed by atoms with E-state index in [2.05, 4.69) is 62.3 Å². The van der Waals surface area contributed by atoms with Crippen LogP contribution in [-0.2, 0) is 6.54 Å². The fourth-order valence-corrected chi connectivity index (χ4v) is 2.90. The second-order valence-corrected chi connectivity index (χ2v) is 7.63. The summed E-state index contributed by atoms with van der Waals surface area (Å²) in [7, 11) is 4.24. The lowest BCUT2D eigenvalue weighted by Gasteiger charge is -2.25. The maximum Gasteiger partial charge on any atom is 0.185 e. The number of likely N-dealkylation sites (N-methyl/N-ethyl adjacent to an activating group) is 1. The smallest absolute Gasteiger partial charge is 0.185 e. The fourth-order valence-electron chi connectivity index (χ4n) is 2.04. The number of rotatable bonds is 10. The molecule has 0 fully saturated rings. The topological polar surface area (TPSA) is 31.4 Å². The van der Waals surface area contributed by atoms with Crippen molar-refractivity contribution in [3.63, 3.8) is 0 Å². The number of hydrogen-bond donors (Lipinski definition) is 1. The molecule has 21 heavy (non-hydrogen) atoms. The Kier molecular flexibility index (Phi) is 8.22. The summed E-state index contributed by atoms with van der Waals surface area (Å²) in [6.45, 7) is 14.1. The summed E-state index contributed by atoms with van der Waals surface area (Å²) in [5.74, 6) is 1.33. The number of nitrogens with zero attached hydrogens (tertiary/aromatic N) is 3. The lowest BCUT2D eigenvalue weighted by Crippen LogP contribution is -2.34. The molecule has 0 saturated heterocycles. The van der Waals surface area contributed by atoms with Crippen LogP contribution in [0.4, 0.5) is 5.13 Å². The van der Waals surface area contributed by atoms with Crippen LogP contribution < -0.4 is 10.2 Å². The van der Waals surface area contributed by atoms with Crippen molar-refractivity contribution < 1.29 is 0 Å². The van der Waals surface area contributed by atoms with Crippen molar-refractivity contribution in [3.8, 4) is 0 Å². The number of anilines is 1. The Balaban J connectivity index is 2.58. The zero-order valence-corrected chi connectivity index (χ0v) is 15.3. The number of aromatic nitrogens is 1. The van der Waals surface area contributed by atoms with E-state index in [0.717, 1.165) is 43.5 Å². The SMILES string of the molecule is CC(C)CNCc1csc(N(CCN(C)C)CC(C)C)n1. The Morgan fingerprint density at radius 3 is 2.43 bits per heavy atom. The number of thiazole rings is 1. The van der Waals surface area contributed by atoms with Crippen LogP contribution in [0.15, 0.2) is 5.38 Å². The van der Waals surface area contributed by atoms with Crippen molar-refractivity contribution in [2.24, 2.45) is 11.8 Å². The van der Waals surface area contributed by atoms with Crippen molar-refractivity contribution >= 4 is 16.5 Å². The molecule has 0 saturated carbocycles. The van der Waals surface area contributed by atoms with E-state index in [1.54, 1.807) is 11.3 Å². The molecule has 1 aromatic heterocycles. The van der Waals surface area contributed by atoms with Crippen molar-refractivity contribution in [2.75, 3.05) is 45.2 Å². The summed E-state index contributed by atoms with van der Waals surface area (Å²) in [6, 6.07) is 0. The van der Waals surface area contributed by atoms with Gasteiger partial charge in [-0.25, -0.2) is 4.98 Å². The van der Waals surface area contributed by atoms with Gasteiger partial charge in [0.1, 0.15) is 0 Å². The van der Waals surface area contributed by atoms with E-state index in [-0.39, 0.29) is 0 Å². The summed E-state index contributed by atoms with van der Waals surface area (Å²) >= 11 is 1.77. The molecule has 0 radical (unpaired) electrons. The molecule has 5 heteroatoms. The lowest BCUT2D eigenvalue weighted by atomic mass is 10.2. The Bertz CT molecular complexity index is 387. The van der Waals surface area contributed by atoms with E-state index in [1.807, 2.05) is 0 Å². The summed E-state index contributed by atoms with van der Waals surface area (Å²) in [5, 5.41) is 6.81. The van der Waals surface area contributed by atoms with Crippen molar-refractivity contribution in [1.82, 2.24) is 15.2 Å². The van der Waals surface area contributed by atoms with Crippen LogP contribution in [0.3, 0.4) is 0 Å². The lowest BCUT2D eigenvalue weighted by molar-refractivity contribution is 0.409. The standard InChI is InChI=1S/C16H32N4S/c1-13(2)9-17-10-15-12-21-16(18-15)20(11-14(3)4)8-7-19(5)6/h12-14,17H,7-11H2,1-6H3. The van der Waals surface area contributed by atoms with Crippen LogP contribution in [0.5, 0.6) is 0 Å². The predicted molar refractivity (Wildman–Crippen MR) is 94.3 cm³/mol. The van der Waals surface area contributed by atoms with Crippen LogP contribution in [0.2, 0.25) is 0 Å². The monoisotopic (exact) mass is 312 g/mol. The van der Waals surface area contributed by atoms with Crippen LogP contribution in [-0.4, -0.2) is 50.2 Å². The highest BCUT2D eigenvalue weighted by atomic mass is 32.1. The molecule has 0 spiro atoms. The molecular formula is C16H32N4S. The molecule has 0 bridgehead atoms. The Morgan fingerprint density at radius 2 is 1.86 bits per heavy atom. The molecule has 0 unspecified atom stereocenters. The molecule has 122 valence electrons. The van der Waals surface area contributed by atoms with E-state index in [0.29, 0.717) is 11.8 Å². The van der Waals surface area contributed by atoms with Gasteiger partial charge in [-0.05, 0) is 32.5 Å².